The van der Waals surface area contributed by atoms with E-state index in [1.165, 1.54) is 18.2 Å². The van der Waals surface area contributed by atoms with Gasteiger partial charge in [-0.15, -0.1) is 0 Å². The van der Waals surface area contributed by atoms with Crippen molar-refractivity contribution in [3.8, 4) is 5.75 Å². The fourth-order valence-electron chi connectivity index (χ4n) is 4.59. The number of nitro benzene ring substituents is 1. The summed E-state index contributed by atoms with van der Waals surface area (Å²) in [4.78, 5) is 25.3. The number of nitrogens with one attached hydrogen (secondary N) is 3. The van der Waals surface area contributed by atoms with E-state index in [-0.39, 0.29) is 16.3 Å². The fraction of sp³-hybridized carbons (Fsp3) is 0.310. The maximum atomic E-state index is 13.1. The molecule has 1 saturated heterocycles. The minimum Gasteiger partial charge on any atom is -0.494 e. The molecule has 3 aromatic carbocycles. The second-order valence-electron chi connectivity index (χ2n) is 10.0. The summed E-state index contributed by atoms with van der Waals surface area (Å²) >= 11 is 12.3. The van der Waals surface area contributed by atoms with Crippen LogP contribution in [-0.4, -0.2) is 64.4 Å². The van der Waals surface area contributed by atoms with E-state index in [1.807, 2.05) is 30.7 Å². The molecule has 234 valence electrons. The molecule has 1 heterocycles. The number of anilines is 2. The van der Waals surface area contributed by atoms with Crippen molar-refractivity contribution in [3.63, 3.8) is 0 Å². The summed E-state index contributed by atoms with van der Waals surface area (Å²) in [5.74, 6) is -0.538. The van der Waals surface area contributed by atoms with E-state index in [2.05, 4.69) is 5.32 Å². The lowest BCUT2D eigenvalue weighted by Crippen LogP contribution is -2.37. The van der Waals surface area contributed by atoms with Gasteiger partial charge in [0.25, 0.3) is 21.6 Å². The van der Waals surface area contributed by atoms with Crippen molar-refractivity contribution >= 4 is 61.9 Å². The van der Waals surface area contributed by atoms with E-state index in [0.29, 0.717) is 62.3 Å². The van der Waals surface area contributed by atoms with Gasteiger partial charge in [-0.3, -0.25) is 20.3 Å². The highest BCUT2D eigenvalue weighted by atomic mass is 35.5. The van der Waals surface area contributed by atoms with E-state index in [4.69, 9.17) is 38.1 Å². The van der Waals surface area contributed by atoms with Gasteiger partial charge in [0.2, 0.25) is 0 Å². The van der Waals surface area contributed by atoms with Crippen LogP contribution >= 0.6 is 23.2 Å². The van der Waals surface area contributed by atoms with Gasteiger partial charge >= 0.3 is 0 Å². The minimum atomic E-state index is -4.56. The molecule has 3 N–H and O–H groups in total. The lowest BCUT2D eigenvalue weighted by Gasteiger charge is -2.28. The lowest BCUT2D eigenvalue weighted by molar-refractivity contribution is -0.384. The smallest absolute Gasteiger partial charge is 0.293 e. The number of carbonyl (C=O) groups excluding carboxylic acids is 1. The molecule has 0 aliphatic carbocycles. The Balaban J connectivity index is 1.42. The summed E-state index contributed by atoms with van der Waals surface area (Å²) in [6.07, 6.45) is 0.565. The topological polar surface area (TPSA) is 164 Å². The molecule has 1 aliphatic heterocycles. The first-order valence-electron chi connectivity index (χ1n) is 13.6. The summed E-state index contributed by atoms with van der Waals surface area (Å²) in [6.45, 7) is 6.16. The molecule has 15 heteroatoms. The number of sulfonamides is 1. The molecule has 0 radical (unpaired) electrons. The van der Waals surface area contributed by atoms with E-state index in [1.54, 1.807) is 17.0 Å². The number of nitrogens with zero attached hydrogens (tertiary/aromatic N) is 2. The molecule has 0 bridgehead atoms. The summed E-state index contributed by atoms with van der Waals surface area (Å²) in [5.41, 5.74) is 1.43. The lowest BCUT2D eigenvalue weighted by atomic mass is 10.1. The number of benzene rings is 3. The van der Waals surface area contributed by atoms with E-state index >= 15 is 0 Å². The summed E-state index contributed by atoms with van der Waals surface area (Å²) in [5, 5.41) is 24.3. The molecule has 44 heavy (non-hydrogen) atoms. The number of halogens is 2. The molecular formula is C29H31Cl2N5O7S. The number of aryl methyl sites for hydroxylation is 2. The average Bonchev–Trinajstić information content (AvgIpc) is 2.99. The van der Waals surface area contributed by atoms with Gasteiger partial charge in [-0.1, -0.05) is 23.2 Å². The largest absolute Gasteiger partial charge is 0.494 e. The number of ether oxygens (including phenoxy) is 2. The van der Waals surface area contributed by atoms with Gasteiger partial charge in [0, 0.05) is 47.0 Å². The zero-order valence-corrected chi connectivity index (χ0v) is 26.3. The van der Waals surface area contributed by atoms with Gasteiger partial charge < -0.3 is 19.7 Å². The van der Waals surface area contributed by atoms with Gasteiger partial charge in [-0.2, -0.15) is 0 Å². The third-order valence-electron chi connectivity index (χ3n) is 6.83. The van der Waals surface area contributed by atoms with Crippen LogP contribution in [0.4, 0.5) is 17.1 Å². The van der Waals surface area contributed by atoms with Crippen LogP contribution in [0, 0.1) is 29.4 Å². The van der Waals surface area contributed by atoms with Crippen LogP contribution in [0.2, 0.25) is 10.0 Å². The number of amides is 1. The van der Waals surface area contributed by atoms with Crippen LogP contribution in [0.25, 0.3) is 0 Å². The van der Waals surface area contributed by atoms with Crippen molar-refractivity contribution < 1.29 is 27.6 Å². The molecule has 0 aromatic heterocycles. The molecule has 1 amide bonds. The zero-order chi connectivity index (χ0) is 32.0. The highest BCUT2D eigenvalue weighted by Crippen LogP contribution is 2.31. The minimum absolute atomic E-state index is 0.0729. The summed E-state index contributed by atoms with van der Waals surface area (Å²) in [7, 11) is -4.56. The Morgan fingerprint density at radius 1 is 1.09 bits per heavy atom. The first-order valence-corrected chi connectivity index (χ1v) is 15.8. The molecule has 12 nitrogen and oxygen atoms in total. The third kappa shape index (κ3) is 7.97. The second-order valence-corrected chi connectivity index (χ2v) is 12.5. The number of rotatable bonds is 12. The van der Waals surface area contributed by atoms with Crippen molar-refractivity contribution in [1.29, 1.82) is 5.41 Å². The number of hydrogen-bond donors (Lipinski definition) is 3. The first-order chi connectivity index (χ1) is 20.9. The Morgan fingerprint density at radius 3 is 2.43 bits per heavy atom. The SMILES string of the molecule is Cc1cc(OCCCNc2ccc(Cl)cc2C(=N)C(=O)NS(=O)(=O)c2ccc(N3CCOCC3)c([N+](=O)[O-])c2)cc(C)c1Cl. The van der Waals surface area contributed by atoms with Crippen LogP contribution in [0.3, 0.4) is 0 Å². The monoisotopic (exact) mass is 663 g/mol. The van der Waals surface area contributed by atoms with Gasteiger partial charge in [-0.25, -0.2) is 13.1 Å². The van der Waals surface area contributed by atoms with Crippen LogP contribution in [-0.2, 0) is 19.6 Å². The van der Waals surface area contributed by atoms with Crippen molar-refractivity contribution in [2.75, 3.05) is 49.7 Å². The fourth-order valence-corrected chi connectivity index (χ4v) is 5.85. The van der Waals surface area contributed by atoms with Gasteiger partial charge in [0.15, 0.2) is 0 Å². The predicted molar refractivity (Wildman–Crippen MR) is 169 cm³/mol. The summed E-state index contributed by atoms with van der Waals surface area (Å²) in [6, 6.07) is 11.6. The normalized spacial score (nSPS) is 13.3. The molecule has 0 spiro atoms. The average molecular weight is 665 g/mol. The van der Waals surface area contributed by atoms with E-state index in [0.717, 1.165) is 17.2 Å². The molecule has 1 fully saturated rings. The van der Waals surface area contributed by atoms with Crippen LogP contribution in [0.1, 0.15) is 23.1 Å². The number of nitro groups is 1. The van der Waals surface area contributed by atoms with Crippen molar-refractivity contribution in [1.82, 2.24) is 4.72 Å². The van der Waals surface area contributed by atoms with Crippen molar-refractivity contribution in [2.24, 2.45) is 0 Å². The zero-order valence-electron chi connectivity index (χ0n) is 24.0. The molecular weight excluding hydrogens is 633 g/mol. The summed E-state index contributed by atoms with van der Waals surface area (Å²) < 4.78 is 39.1. The first kappa shape index (κ1) is 33.0. The van der Waals surface area contributed by atoms with E-state index < -0.39 is 37.1 Å². The van der Waals surface area contributed by atoms with Gasteiger partial charge in [0.1, 0.15) is 17.1 Å². The highest BCUT2D eigenvalue weighted by molar-refractivity contribution is 7.90. The Morgan fingerprint density at radius 2 is 1.77 bits per heavy atom. The van der Waals surface area contributed by atoms with Crippen LogP contribution in [0.15, 0.2) is 53.4 Å². The molecule has 3 aromatic rings. The molecule has 4 rings (SSSR count). The van der Waals surface area contributed by atoms with Gasteiger partial charge in [0.05, 0.1) is 29.6 Å². The second kappa shape index (κ2) is 14.2. The Kier molecular flexibility index (Phi) is 10.7. The molecule has 0 atom stereocenters. The maximum Gasteiger partial charge on any atom is 0.293 e. The number of hydrogen-bond acceptors (Lipinski definition) is 10. The van der Waals surface area contributed by atoms with Gasteiger partial charge in [-0.05, 0) is 73.9 Å². The number of carbonyl (C=O) groups is 1. The molecule has 0 unspecified atom stereocenters. The van der Waals surface area contributed by atoms with Crippen molar-refractivity contribution in [3.05, 3.63) is 85.4 Å². The maximum absolute atomic E-state index is 13.1. The Labute approximate surface area is 265 Å². The Hall–Kier alpha value is -3.91. The van der Waals surface area contributed by atoms with Crippen LogP contribution in [0.5, 0.6) is 5.75 Å². The van der Waals surface area contributed by atoms with Crippen LogP contribution < -0.4 is 19.7 Å². The highest BCUT2D eigenvalue weighted by Gasteiger charge is 2.28. The Bertz CT molecular complexity index is 1670. The third-order valence-corrected chi connectivity index (χ3v) is 8.99. The quantitative estimate of drug-likeness (QED) is 0.103. The number of morpholine rings is 1. The standard InChI is InChI=1S/C29H31Cl2N5O7S/c1-18-14-21(15-19(2)27(18)31)43-11-3-8-33-24-6-4-20(30)16-23(24)28(32)29(37)34-44(40,41)22-5-7-25(26(17-22)36(38)39)35-9-12-42-13-10-35/h4-7,14-17,32-33H,3,8-13H2,1-2H3,(H,34,37). The van der Waals surface area contributed by atoms with E-state index in [9.17, 15) is 23.3 Å². The van der Waals surface area contributed by atoms with Crippen molar-refractivity contribution in [2.45, 2.75) is 25.2 Å². The predicted octanol–water partition coefficient (Wildman–Crippen LogP) is 5.11. The molecule has 0 saturated carbocycles. The molecule has 1 aliphatic rings.